The summed E-state index contributed by atoms with van der Waals surface area (Å²) < 4.78 is 26.6. The highest BCUT2D eigenvalue weighted by Gasteiger charge is 2.14. The summed E-state index contributed by atoms with van der Waals surface area (Å²) in [6, 6.07) is 0. The van der Waals surface area contributed by atoms with E-state index < -0.39 is 13.0 Å². The summed E-state index contributed by atoms with van der Waals surface area (Å²) >= 11 is 0. The van der Waals surface area contributed by atoms with E-state index in [9.17, 15) is 8.78 Å². The van der Waals surface area contributed by atoms with E-state index >= 15 is 0 Å². The van der Waals surface area contributed by atoms with Gasteiger partial charge in [-0.3, -0.25) is 4.57 Å². The van der Waals surface area contributed by atoms with Crippen molar-refractivity contribution in [2.24, 2.45) is 0 Å². The molecule has 0 amide bonds. The molecule has 0 spiro atoms. The number of halogens is 2. The van der Waals surface area contributed by atoms with Gasteiger partial charge in [0.1, 0.15) is 6.33 Å². The van der Waals surface area contributed by atoms with Crippen LogP contribution in [0.3, 0.4) is 0 Å². The Bertz CT molecular complexity index is 559. The summed E-state index contributed by atoms with van der Waals surface area (Å²) in [6.07, 6.45) is 3.24. The highest BCUT2D eigenvalue weighted by atomic mass is 19.3. The lowest BCUT2D eigenvalue weighted by molar-refractivity contribution is 0.156. The van der Waals surface area contributed by atoms with E-state index in [-0.39, 0.29) is 5.95 Å². The third-order valence-electron chi connectivity index (χ3n) is 2.63. The summed E-state index contributed by atoms with van der Waals surface area (Å²) in [4.78, 5) is 17.8. The molecule has 0 atom stereocenters. The standard InChI is InChI=1S/C12H17F2N7/c1-3-4-16-10-17-11(20(2)7-9(13)14)19-12(18-10)21-6-5-15-8-21/h5-6,8-9H,3-4,7H2,1-2H3,(H,16,17,18,19). The van der Waals surface area contributed by atoms with Gasteiger partial charge in [-0.15, -0.1) is 0 Å². The number of nitrogens with one attached hydrogen (secondary N) is 1. The number of hydrogen-bond donors (Lipinski definition) is 1. The molecular formula is C12H17F2N7. The molecule has 7 nitrogen and oxygen atoms in total. The minimum Gasteiger partial charge on any atom is -0.354 e. The second-order valence-electron chi connectivity index (χ2n) is 4.43. The van der Waals surface area contributed by atoms with Crippen LogP contribution >= 0.6 is 0 Å². The minimum atomic E-state index is -2.46. The van der Waals surface area contributed by atoms with E-state index in [1.165, 1.54) is 18.3 Å². The third kappa shape index (κ3) is 4.07. The minimum absolute atomic E-state index is 0.188. The molecule has 21 heavy (non-hydrogen) atoms. The molecule has 0 fully saturated rings. The lowest BCUT2D eigenvalue weighted by Gasteiger charge is -2.17. The Balaban J connectivity index is 2.32. The first-order valence-electron chi connectivity index (χ1n) is 6.57. The van der Waals surface area contributed by atoms with E-state index in [1.807, 2.05) is 6.92 Å². The smallest absolute Gasteiger partial charge is 0.255 e. The van der Waals surface area contributed by atoms with Gasteiger partial charge in [-0.1, -0.05) is 6.92 Å². The van der Waals surface area contributed by atoms with Crippen LogP contribution in [0.25, 0.3) is 5.95 Å². The topological polar surface area (TPSA) is 71.8 Å². The Morgan fingerprint density at radius 1 is 1.33 bits per heavy atom. The Morgan fingerprint density at radius 3 is 2.76 bits per heavy atom. The maximum absolute atomic E-state index is 12.5. The summed E-state index contributed by atoms with van der Waals surface area (Å²) in [5.74, 6) is 0.872. The summed E-state index contributed by atoms with van der Waals surface area (Å²) in [7, 11) is 1.52. The number of nitrogens with zero attached hydrogens (tertiary/aromatic N) is 6. The Labute approximate surface area is 121 Å². The van der Waals surface area contributed by atoms with Crippen LogP contribution in [0.4, 0.5) is 20.7 Å². The molecule has 114 valence electrons. The zero-order chi connectivity index (χ0) is 15.2. The Morgan fingerprint density at radius 2 is 2.14 bits per heavy atom. The van der Waals surface area contributed by atoms with Gasteiger partial charge in [0.15, 0.2) is 0 Å². The van der Waals surface area contributed by atoms with Crippen LogP contribution in [0.1, 0.15) is 13.3 Å². The maximum atomic E-state index is 12.5. The molecule has 2 rings (SSSR count). The van der Waals surface area contributed by atoms with Crippen LogP contribution in [0.5, 0.6) is 0 Å². The molecule has 0 saturated heterocycles. The van der Waals surface area contributed by atoms with Gasteiger partial charge in [-0.2, -0.15) is 15.0 Å². The van der Waals surface area contributed by atoms with Crippen LogP contribution in [0, 0.1) is 0 Å². The van der Waals surface area contributed by atoms with Crippen molar-refractivity contribution in [3.05, 3.63) is 18.7 Å². The molecule has 0 aliphatic rings. The highest BCUT2D eigenvalue weighted by molar-refractivity contribution is 5.39. The highest BCUT2D eigenvalue weighted by Crippen LogP contribution is 2.13. The molecule has 0 unspecified atom stereocenters. The van der Waals surface area contributed by atoms with Crippen molar-refractivity contribution in [3.8, 4) is 5.95 Å². The van der Waals surface area contributed by atoms with Gasteiger partial charge in [0.2, 0.25) is 17.8 Å². The first-order chi connectivity index (χ1) is 10.1. The van der Waals surface area contributed by atoms with Gasteiger partial charge in [-0.05, 0) is 6.42 Å². The Hall–Kier alpha value is -2.32. The average molecular weight is 297 g/mol. The van der Waals surface area contributed by atoms with Crippen molar-refractivity contribution < 1.29 is 8.78 Å². The monoisotopic (exact) mass is 297 g/mol. The largest absolute Gasteiger partial charge is 0.354 e. The zero-order valence-electron chi connectivity index (χ0n) is 11.9. The summed E-state index contributed by atoms with van der Waals surface area (Å²) in [5.41, 5.74) is 0. The molecule has 1 N–H and O–H groups in total. The SMILES string of the molecule is CCCNc1nc(N(C)CC(F)F)nc(-n2ccnc2)n1. The van der Waals surface area contributed by atoms with Crippen molar-refractivity contribution in [1.82, 2.24) is 24.5 Å². The Kier molecular flexibility index (Phi) is 4.96. The number of alkyl halides is 2. The van der Waals surface area contributed by atoms with Crippen LogP contribution < -0.4 is 10.2 Å². The number of rotatable bonds is 7. The van der Waals surface area contributed by atoms with Gasteiger partial charge >= 0.3 is 0 Å². The van der Waals surface area contributed by atoms with Gasteiger partial charge in [0.25, 0.3) is 6.43 Å². The third-order valence-corrected chi connectivity index (χ3v) is 2.63. The van der Waals surface area contributed by atoms with Gasteiger partial charge in [0.05, 0.1) is 6.54 Å². The van der Waals surface area contributed by atoms with Crippen molar-refractivity contribution in [1.29, 1.82) is 0 Å². The van der Waals surface area contributed by atoms with Gasteiger partial charge in [-0.25, -0.2) is 13.8 Å². The normalized spacial score (nSPS) is 10.9. The van der Waals surface area contributed by atoms with E-state index in [0.717, 1.165) is 6.42 Å². The molecular weight excluding hydrogens is 280 g/mol. The number of aromatic nitrogens is 5. The predicted molar refractivity (Wildman–Crippen MR) is 75.0 cm³/mol. The van der Waals surface area contributed by atoms with E-state index in [4.69, 9.17) is 0 Å². The summed E-state index contributed by atoms with van der Waals surface area (Å²) in [5, 5.41) is 3.04. The zero-order valence-corrected chi connectivity index (χ0v) is 11.9. The van der Waals surface area contributed by atoms with E-state index in [0.29, 0.717) is 18.4 Å². The molecule has 0 bridgehead atoms. The van der Waals surface area contributed by atoms with Gasteiger partial charge < -0.3 is 10.2 Å². The molecule has 0 aromatic carbocycles. The van der Waals surface area contributed by atoms with E-state index in [2.05, 4.69) is 25.3 Å². The quantitative estimate of drug-likeness (QED) is 0.836. The fraction of sp³-hybridized carbons (Fsp3) is 0.500. The number of imidazole rings is 1. The first-order valence-corrected chi connectivity index (χ1v) is 6.57. The predicted octanol–water partition coefficient (Wildman–Crippen LogP) is 1.58. The van der Waals surface area contributed by atoms with Crippen LogP contribution in [-0.4, -0.2) is 51.1 Å². The molecule has 0 aliphatic carbocycles. The lowest BCUT2D eigenvalue weighted by atomic mass is 10.5. The van der Waals surface area contributed by atoms with Crippen molar-refractivity contribution in [3.63, 3.8) is 0 Å². The molecule has 2 aromatic rings. The molecule has 0 radical (unpaired) electrons. The van der Waals surface area contributed by atoms with Crippen molar-refractivity contribution in [2.75, 3.05) is 30.4 Å². The van der Waals surface area contributed by atoms with Crippen LogP contribution in [0.2, 0.25) is 0 Å². The van der Waals surface area contributed by atoms with Crippen LogP contribution in [-0.2, 0) is 0 Å². The fourth-order valence-corrected chi connectivity index (χ4v) is 1.62. The molecule has 0 saturated carbocycles. The molecule has 2 aromatic heterocycles. The molecule has 0 aliphatic heterocycles. The van der Waals surface area contributed by atoms with Crippen molar-refractivity contribution >= 4 is 11.9 Å². The van der Waals surface area contributed by atoms with Crippen molar-refractivity contribution in [2.45, 2.75) is 19.8 Å². The maximum Gasteiger partial charge on any atom is 0.255 e. The number of anilines is 2. The van der Waals surface area contributed by atoms with E-state index in [1.54, 1.807) is 17.0 Å². The fourth-order valence-electron chi connectivity index (χ4n) is 1.62. The second kappa shape index (κ2) is 6.91. The summed E-state index contributed by atoms with van der Waals surface area (Å²) in [6.45, 7) is 2.25. The van der Waals surface area contributed by atoms with Gasteiger partial charge in [0, 0.05) is 26.0 Å². The number of hydrogen-bond acceptors (Lipinski definition) is 6. The average Bonchev–Trinajstić information content (AvgIpc) is 2.98. The van der Waals surface area contributed by atoms with Crippen LogP contribution in [0.15, 0.2) is 18.7 Å². The lowest BCUT2D eigenvalue weighted by Crippen LogP contribution is -2.27. The second-order valence-corrected chi connectivity index (χ2v) is 4.43. The molecule has 9 heteroatoms. The molecule has 2 heterocycles. The first kappa shape index (κ1) is 15.1.